The van der Waals surface area contributed by atoms with E-state index >= 15 is 0 Å². The smallest absolute Gasteiger partial charge is 0.257 e. The van der Waals surface area contributed by atoms with E-state index in [2.05, 4.69) is 15.6 Å². The number of carbonyl (C=O) groups excluding carboxylic acids is 1. The molecular formula is C18H13ClFN3O. The number of anilines is 3. The summed E-state index contributed by atoms with van der Waals surface area (Å²) in [6.45, 7) is 0. The van der Waals surface area contributed by atoms with Crippen LogP contribution in [0, 0.1) is 5.82 Å². The van der Waals surface area contributed by atoms with Gasteiger partial charge in [0.25, 0.3) is 5.91 Å². The van der Waals surface area contributed by atoms with Crippen molar-refractivity contribution in [3.63, 3.8) is 0 Å². The average molecular weight is 342 g/mol. The normalized spacial score (nSPS) is 10.2. The van der Waals surface area contributed by atoms with Crippen LogP contribution in [-0.4, -0.2) is 10.9 Å². The van der Waals surface area contributed by atoms with Gasteiger partial charge in [0.2, 0.25) is 0 Å². The zero-order valence-electron chi connectivity index (χ0n) is 12.5. The summed E-state index contributed by atoms with van der Waals surface area (Å²) in [4.78, 5) is 16.3. The molecule has 0 atom stereocenters. The molecule has 120 valence electrons. The minimum atomic E-state index is -0.343. The van der Waals surface area contributed by atoms with Gasteiger partial charge in [-0.2, -0.15) is 0 Å². The highest BCUT2D eigenvalue weighted by Crippen LogP contribution is 2.19. The van der Waals surface area contributed by atoms with Crippen molar-refractivity contribution in [3.8, 4) is 0 Å². The number of nitrogens with zero attached hydrogens (tertiary/aromatic N) is 1. The summed E-state index contributed by atoms with van der Waals surface area (Å²) in [5.41, 5.74) is 2.18. The Morgan fingerprint density at radius 2 is 1.75 bits per heavy atom. The third-order valence-electron chi connectivity index (χ3n) is 3.22. The van der Waals surface area contributed by atoms with E-state index in [4.69, 9.17) is 11.6 Å². The van der Waals surface area contributed by atoms with Crippen LogP contribution in [0.25, 0.3) is 0 Å². The van der Waals surface area contributed by atoms with Gasteiger partial charge in [-0.25, -0.2) is 4.39 Å². The first kappa shape index (κ1) is 16.0. The lowest BCUT2D eigenvalue weighted by Gasteiger charge is -2.09. The predicted molar refractivity (Wildman–Crippen MR) is 93.3 cm³/mol. The summed E-state index contributed by atoms with van der Waals surface area (Å²) in [5, 5.41) is 6.37. The van der Waals surface area contributed by atoms with E-state index in [-0.39, 0.29) is 11.7 Å². The van der Waals surface area contributed by atoms with Crippen molar-refractivity contribution in [2.24, 2.45) is 0 Å². The molecule has 0 aliphatic rings. The molecule has 0 aliphatic heterocycles. The number of hydrogen-bond acceptors (Lipinski definition) is 3. The lowest BCUT2D eigenvalue weighted by atomic mass is 10.2. The van der Waals surface area contributed by atoms with Gasteiger partial charge in [-0.05, 0) is 48.5 Å². The Morgan fingerprint density at radius 1 is 0.958 bits per heavy atom. The number of pyridine rings is 1. The van der Waals surface area contributed by atoms with Gasteiger partial charge in [-0.15, -0.1) is 0 Å². The highest BCUT2D eigenvalue weighted by Gasteiger charge is 2.08. The highest BCUT2D eigenvalue weighted by atomic mass is 35.5. The van der Waals surface area contributed by atoms with Gasteiger partial charge in [-0.1, -0.05) is 17.7 Å². The quantitative estimate of drug-likeness (QED) is 0.711. The van der Waals surface area contributed by atoms with E-state index in [1.54, 1.807) is 48.7 Å². The van der Waals surface area contributed by atoms with Crippen molar-refractivity contribution in [1.29, 1.82) is 0 Å². The Bertz CT molecular complexity index is 868. The van der Waals surface area contributed by atoms with Crippen molar-refractivity contribution in [3.05, 3.63) is 83.4 Å². The lowest BCUT2D eigenvalue weighted by molar-refractivity contribution is 0.102. The third kappa shape index (κ3) is 4.08. The van der Waals surface area contributed by atoms with E-state index in [0.717, 1.165) is 0 Å². The van der Waals surface area contributed by atoms with Crippen LogP contribution in [0.15, 0.2) is 67.0 Å². The molecule has 2 aromatic carbocycles. The molecule has 0 radical (unpaired) electrons. The predicted octanol–water partition coefficient (Wildman–Crippen LogP) is 4.87. The second-order valence-electron chi connectivity index (χ2n) is 5.06. The molecule has 1 heterocycles. The van der Waals surface area contributed by atoms with E-state index in [0.29, 0.717) is 27.6 Å². The SMILES string of the molecule is O=C(Nc1ccc(Cl)cc1)c1cncc(Nc2cccc(F)c2)c1. The van der Waals surface area contributed by atoms with Crippen molar-refractivity contribution in [2.75, 3.05) is 10.6 Å². The Morgan fingerprint density at radius 3 is 2.50 bits per heavy atom. The molecule has 0 fully saturated rings. The highest BCUT2D eigenvalue weighted by molar-refractivity contribution is 6.30. The Balaban J connectivity index is 1.74. The fraction of sp³-hybridized carbons (Fsp3) is 0. The van der Waals surface area contributed by atoms with Crippen molar-refractivity contribution >= 4 is 34.6 Å². The Hall–Kier alpha value is -2.92. The maximum atomic E-state index is 13.2. The molecular weight excluding hydrogens is 329 g/mol. The first-order valence-electron chi connectivity index (χ1n) is 7.15. The summed E-state index contributed by atoms with van der Waals surface area (Å²) in [6.07, 6.45) is 3.02. The molecule has 0 bridgehead atoms. The van der Waals surface area contributed by atoms with Gasteiger partial charge < -0.3 is 10.6 Å². The van der Waals surface area contributed by atoms with Gasteiger partial charge >= 0.3 is 0 Å². The number of amides is 1. The number of nitrogens with one attached hydrogen (secondary N) is 2. The molecule has 3 aromatic rings. The van der Waals surface area contributed by atoms with Crippen LogP contribution >= 0.6 is 11.6 Å². The molecule has 3 rings (SSSR count). The maximum Gasteiger partial charge on any atom is 0.257 e. The van der Waals surface area contributed by atoms with E-state index < -0.39 is 0 Å². The van der Waals surface area contributed by atoms with Crippen LogP contribution < -0.4 is 10.6 Å². The van der Waals surface area contributed by atoms with Crippen LogP contribution in [-0.2, 0) is 0 Å². The number of rotatable bonds is 4. The second kappa shape index (κ2) is 7.10. The van der Waals surface area contributed by atoms with Crippen LogP contribution in [0.5, 0.6) is 0 Å². The topological polar surface area (TPSA) is 54.0 Å². The zero-order valence-corrected chi connectivity index (χ0v) is 13.2. The van der Waals surface area contributed by atoms with E-state index in [1.807, 2.05) is 0 Å². The number of carbonyl (C=O) groups is 1. The summed E-state index contributed by atoms with van der Waals surface area (Å²) in [5.74, 6) is -0.641. The van der Waals surface area contributed by atoms with Gasteiger partial charge in [0, 0.05) is 22.6 Å². The average Bonchev–Trinajstić information content (AvgIpc) is 2.57. The van der Waals surface area contributed by atoms with Gasteiger partial charge in [0.15, 0.2) is 0 Å². The molecule has 0 saturated heterocycles. The molecule has 0 saturated carbocycles. The van der Waals surface area contributed by atoms with Gasteiger partial charge in [0.1, 0.15) is 5.82 Å². The first-order chi connectivity index (χ1) is 11.6. The summed E-state index contributed by atoms with van der Waals surface area (Å²) in [7, 11) is 0. The Labute approximate surface area is 143 Å². The molecule has 1 aromatic heterocycles. The minimum Gasteiger partial charge on any atom is -0.354 e. The van der Waals surface area contributed by atoms with E-state index in [1.165, 1.54) is 18.3 Å². The maximum absolute atomic E-state index is 13.2. The number of hydrogen-bond donors (Lipinski definition) is 2. The lowest BCUT2D eigenvalue weighted by Crippen LogP contribution is -2.12. The van der Waals surface area contributed by atoms with Crippen LogP contribution in [0.2, 0.25) is 5.02 Å². The van der Waals surface area contributed by atoms with Crippen molar-refractivity contribution in [2.45, 2.75) is 0 Å². The second-order valence-corrected chi connectivity index (χ2v) is 5.50. The van der Waals surface area contributed by atoms with E-state index in [9.17, 15) is 9.18 Å². The fourth-order valence-corrected chi connectivity index (χ4v) is 2.23. The third-order valence-corrected chi connectivity index (χ3v) is 3.47. The number of aromatic nitrogens is 1. The number of halogens is 2. The summed E-state index contributed by atoms with van der Waals surface area (Å²) >= 11 is 5.82. The largest absolute Gasteiger partial charge is 0.354 e. The van der Waals surface area contributed by atoms with Crippen LogP contribution in [0.4, 0.5) is 21.5 Å². The molecule has 0 unspecified atom stereocenters. The fourth-order valence-electron chi connectivity index (χ4n) is 2.10. The van der Waals surface area contributed by atoms with Crippen LogP contribution in [0.3, 0.4) is 0 Å². The summed E-state index contributed by atoms with van der Waals surface area (Å²) in [6, 6.07) is 14.5. The molecule has 0 aliphatic carbocycles. The van der Waals surface area contributed by atoms with Crippen molar-refractivity contribution in [1.82, 2.24) is 4.98 Å². The van der Waals surface area contributed by atoms with Gasteiger partial charge in [0.05, 0.1) is 17.4 Å². The molecule has 2 N–H and O–H groups in total. The number of benzene rings is 2. The zero-order chi connectivity index (χ0) is 16.9. The molecule has 1 amide bonds. The standard InChI is InChI=1S/C18H13ClFN3O/c19-13-4-6-15(7-5-13)23-18(24)12-8-17(11-21-10-12)22-16-3-1-2-14(20)9-16/h1-11,22H,(H,23,24). The minimum absolute atomic E-state index is 0.298. The van der Waals surface area contributed by atoms with Crippen LogP contribution in [0.1, 0.15) is 10.4 Å². The molecule has 4 nitrogen and oxygen atoms in total. The molecule has 24 heavy (non-hydrogen) atoms. The first-order valence-corrected chi connectivity index (χ1v) is 7.52. The summed E-state index contributed by atoms with van der Waals surface area (Å²) < 4.78 is 13.2. The Kier molecular flexibility index (Phi) is 4.72. The van der Waals surface area contributed by atoms with Gasteiger partial charge in [-0.3, -0.25) is 9.78 Å². The monoisotopic (exact) mass is 341 g/mol. The molecule has 6 heteroatoms. The molecule has 0 spiro atoms. The van der Waals surface area contributed by atoms with Crippen molar-refractivity contribution < 1.29 is 9.18 Å².